The van der Waals surface area contributed by atoms with Crippen molar-refractivity contribution in [3.8, 4) is 11.5 Å². The van der Waals surface area contributed by atoms with E-state index in [9.17, 15) is 14.4 Å². The summed E-state index contributed by atoms with van der Waals surface area (Å²) in [6, 6.07) is 18.2. The minimum atomic E-state index is -0.885. The molecule has 4 aliphatic rings. The Bertz CT molecular complexity index is 1520. The number of ether oxygens (including phenoxy) is 2. The van der Waals surface area contributed by atoms with Gasteiger partial charge in [-0.2, -0.15) is 0 Å². The third-order valence-corrected chi connectivity index (χ3v) is 7.88. The van der Waals surface area contributed by atoms with Crippen molar-refractivity contribution in [3.05, 3.63) is 89.1 Å². The first-order chi connectivity index (χ1) is 18.5. The predicted octanol–water partition coefficient (Wildman–Crippen LogP) is 4.27. The molecule has 9 heteroatoms. The molecule has 2 saturated heterocycles. The molecule has 0 radical (unpaired) electrons. The van der Waals surface area contributed by atoms with Crippen molar-refractivity contribution in [3.63, 3.8) is 0 Å². The number of halogens is 1. The molecule has 0 bridgehead atoms. The van der Waals surface area contributed by atoms with E-state index in [1.807, 2.05) is 41.4 Å². The van der Waals surface area contributed by atoms with E-state index < -0.39 is 29.8 Å². The van der Waals surface area contributed by atoms with Gasteiger partial charge in [-0.25, -0.2) is 4.90 Å². The van der Waals surface area contributed by atoms with E-state index in [0.717, 1.165) is 11.1 Å². The minimum absolute atomic E-state index is 0.335. The van der Waals surface area contributed by atoms with Gasteiger partial charge < -0.3 is 19.7 Å². The van der Waals surface area contributed by atoms with Crippen molar-refractivity contribution in [1.82, 2.24) is 4.90 Å². The van der Waals surface area contributed by atoms with E-state index in [1.165, 1.54) is 4.90 Å². The molecule has 0 aromatic heterocycles. The molecule has 0 aliphatic carbocycles. The van der Waals surface area contributed by atoms with Crippen LogP contribution in [0.25, 0.3) is 6.08 Å². The fourth-order valence-corrected chi connectivity index (χ4v) is 6.16. The van der Waals surface area contributed by atoms with Crippen LogP contribution in [0.5, 0.6) is 11.5 Å². The molecule has 4 heterocycles. The van der Waals surface area contributed by atoms with Gasteiger partial charge in [-0.3, -0.25) is 14.4 Å². The fraction of sp³-hybridized carbons (Fsp3) is 0.207. The number of amides is 3. The van der Waals surface area contributed by atoms with Gasteiger partial charge in [-0.1, -0.05) is 35.9 Å². The van der Waals surface area contributed by atoms with Crippen molar-refractivity contribution < 1.29 is 23.9 Å². The topological polar surface area (TPSA) is 88.2 Å². The Balaban J connectivity index is 1.30. The number of imide groups is 1. The van der Waals surface area contributed by atoms with Gasteiger partial charge in [0.2, 0.25) is 17.7 Å². The van der Waals surface area contributed by atoms with Crippen molar-refractivity contribution in [2.75, 3.05) is 23.4 Å². The molecule has 7 rings (SSSR count). The van der Waals surface area contributed by atoms with Gasteiger partial charge in [0.1, 0.15) is 19.3 Å². The summed E-state index contributed by atoms with van der Waals surface area (Å²) >= 11 is 6.01. The molecule has 3 aromatic carbocycles. The van der Waals surface area contributed by atoms with Gasteiger partial charge in [0.15, 0.2) is 11.5 Å². The monoisotopic (exact) mass is 527 g/mol. The second kappa shape index (κ2) is 8.63. The largest absolute Gasteiger partial charge is 0.486 e. The fourth-order valence-electron chi connectivity index (χ4n) is 6.03. The molecular formula is C29H22ClN3O5. The van der Waals surface area contributed by atoms with E-state index in [4.69, 9.17) is 21.1 Å². The number of fused-ring (bicyclic) bond motifs is 6. The van der Waals surface area contributed by atoms with Crippen molar-refractivity contribution in [2.45, 2.75) is 12.1 Å². The van der Waals surface area contributed by atoms with Crippen LogP contribution in [-0.2, 0) is 14.4 Å². The molecule has 38 heavy (non-hydrogen) atoms. The van der Waals surface area contributed by atoms with E-state index >= 15 is 0 Å². The van der Waals surface area contributed by atoms with Gasteiger partial charge in [-0.05, 0) is 53.6 Å². The molecule has 4 atom stereocenters. The second-order valence-electron chi connectivity index (χ2n) is 9.67. The molecule has 0 saturated carbocycles. The Morgan fingerprint density at radius 2 is 1.63 bits per heavy atom. The summed E-state index contributed by atoms with van der Waals surface area (Å²) in [5.41, 5.74) is 2.84. The molecule has 3 aromatic rings. The van der Waals surface area contributed by atoms with Gasteiger partial charge in [-0.15, -0.1) is 0 Å². The van der Waals surface area contributed by atoms with Crippen LogP contribution in [0.2, 0.25) is 5.02 Å². The van der Waals surface area contributed by atoms with Gasteiger partial charge in [0, 0.05) is 23.0 Å². The van der Waals surface area contributed by atoms with Crippen LogP contribution in [0.4, 0.5) is 11.4 Å². The normalized spacial score (nSPS) is 24.7. The lowest BCUT2D eigenvalue weighted by Gasteiger charge is -2.35. The van der Waals surface area contributed by atoms with E-state index in [0.29, 0.717) is 41.1 Å². The Kier molecular flexibility index (Phi) is 5.19. The summed E-state index contributed by atoms with van der Waals surface area (Å²) in [5, 5.41) is 3.47. The summed E-state index contributed by atoms with van der Waals surface area (Å²) < 4.78 is 11.3. The van der Waals surface area contributed by atoms with Crippen LogP contribution in [0.15, 0.2) is 72.9 Å². The highest BCUT2D eigenvalue weighted by atomic mass is 35.5. The number of hydrogen-bond acceptors (Lipinski definition) is 6. The molecule has 190 valence electrons. The maximum absolute atomic E-state index is 14.0. The first-order valence-corrected chi connectivity index (χ1v) is 12.8. The first kappa shape index (κ1) is 22.9. The van der Waals surface area contributed by atoms with Crippen LogP contribution in [0, 0.1) is 11.8 Å². The van der Waals surface area contributed by atoms with E-state index in [1.54, 1.807) is 42.5 Å². The number of rotatable bonds is 3. The van der Waals surface area contributed by atoms with Gasteiger partial charge in [0.25, 0.3) is 0 Å². The third-order valence-electron chi connectivity index (χ3n) is 7.63. The van der Waals surface area contributed by atoms with Crippen molar-refractivity contribution >= 4 is 46.8 Å². The van der Waals surface area contributed by atoms with E-state index in [2.05, 4.69) is 5.32 Å². The smallest absolute Gasteiger partial charge is 0.247 e. The number of nitrogens with one attached hydrogen (secondary N) is 1. The Labute approximate surface area is 223 Å². The number of benzene rings is 3. The van der Waals surface area contributed by atoms with E-state index in [-0.39, 0.29) is 11.8 Å². The Morgan fingerprint density at radius 3 is 2.45 bits per heavy atom. The zero-order chi connectivity index (χ0) is 26.0. The Hall–Kier alpha value is -4.30. The van der Waals surface area contributed by atoms with Crippen LogP contribution in [-0.4, -0.2) is 41.9 Å². The SMILES string of the molecule is O=C(Nc1ccc(Cl)cc1)C1C2C(=O)N(c3ccc4c(c3)OCCO4)C(=O)C2C2c3ccccc3C=CN12. The lowest BCUT2D eigenvalue weighted by Crippen LogP contribution is -2.46. The number of nitrogens with zero attached hydrogens (tertiary/aromatic N) is 2. The summed E-state index contributed by atoms with van der Waals surface area (Å²) in [5.74, 6) is -1.66. The molecule has 4 aliphatic heterocycles. The first-order valence-electron chi connectivity index (χ1n) is 12.4. The predicted molar refractivity (Wildman–Crippen MR) is 141 cm³/mol. The average molecular weight is 528 g/mol. The third kappa shape index (κ3) is 3.40. The standard InChI is InChI=1S/C29H22ClN3O5/c30-17-5-7-18(8-6-17)31-27(34)26-24-23(25-20-4-2-1-3-16(20)11-12-32(25)26)28(35)33(29(24)36)19-9-10-21-22(15-19)38-14-13-37-21/h1-12,15,23-26H,13-14H2,(H,31,34). The highest BCUT2D eigenvalue weighted by Crippen LogP contribution is 2.53. The highest BCUT2D eigenvalue weighted by molar-refractivity contribution is 6.30. The van der Waals surface area contributed by atoms with Crippen molar-refractivity contribution in [1.29, 1.82) is 0 Å². The van der Waals surface area contributed by atoms with Crippen LogP contribution in [0.3, 0.4) is 0 Å². The molecule has 3 amide bonds. The zero-order valence-electron chi connectivity index (χ0n) is 20.0. The Morgan fingerprint density at radius 1 is 0.895 bits per heavy atom. The molecular weight excluding hydrogens is 506 g/mol. The number of anilines is 2. The van der Waals surface area contributed by atoms with Gasteiger partial charge in [0.05, 0.1) is 23.6 Å². The quantitative estimate of drug-likeness (QED) is 0.512. The molecule has 4 unspecified atom stereocenters. The minimum Gasteiger partial charge on any atom is -0.486 e. The second-order valence-corrected chi connectivity index (χ2v) is 10.1. The zero-order valence-corrected chi connectivity index (χ0v) is 20.8. The van der Waals surface area contributed by atoms with Crippen LogP contribution >= 0.6 is 11.6 Å². The lowest BCUT2D eigenvalue weighted by molar-refractivity contribution is -0.128. The number of hydrogen-bond donors (Lipinski definition) is 1. The van der Waals surface area contributed by atoms with Crippen molar-refractivity contribution in [2.24, 2.45) is 11.8 Å². The summed E-state index contributed by atoms with van der Waals surface area (Å²) in [4.78, 5) is 44.9. The number of carbonyl (C=O) groups is 3. The molecule has 0 spiro atoms. The maximum Gasteiger partial charge on any atom is 0.247 e. The molecule has 8 nitrogen and oxygen atoms in total. The lowest BCUT2D eigenvalue weighted by atomic mass is 9.84. The van der Waals surface area contributed by atoms with Crippen LogP contribution in [0.1, 0.15) is 17.2 Å². The highest BCUT2D eigenvalue weighted by Gasteiger charge is 2.64. The van der Waals surface area contributed by atoms with Crippen LogP contribution < -0.4 is 19.7 Å². The summed E-state index contributed by atoms with van der Waals surface area (Å²) in [7, 11) is 0. The van der Waals surface area contributed by atoms with Gasteiger partial charge >= 0.3 is 0 Å². The number of carbonyl (C=O) groups excluding carboxylic acids is 3. The molecule has 2 fully saturated rings. The molecule has 1 N–H and O–H groups in total. The summed E-state index contributed by atoms with van der Waals surface area (Å²) in [6.45, 7) is 0.823. The average Bonchev–Trinajstić information content (AvgIpc) is 3.42. The summed E-state index contributed by atoms with van der Waals surface area (Å²) in [6.07, 6.45) is 3.75. The maximum atomic E-state index is 14.0.